The van der Waals surface area contributed by atoms with Crippen LogP contribution in [0.4, 0.5) is 0 Å². The first-order valence-corrected chi connectivity index (χ1v) is 30.9. The summed E-state index contributed by atoms with van der Waals surface area (Å²) in [7, 11) is 1.55. The van der Waals surface area contributed by atoms with Crippen LogP contribution < -0.4 is 5.32 Å². The fraction of sp³-hybridized carbons (Fsp3) is 0.672. The molecule has 9 heteroatoms. The third-order valence-corrected chi connectivity index (χ3v) is 13.4. The Hall–Kier alpha value is -3.10. The molecule has 0 aromatic heterocycles. The van der Waals surface area contributed by atoms with Gasteiger partial charge >= 0.3 is 7.82 Å². The lowest BCUT2D eigenvalue weighted by Crippen LogP contribution is -2.45. The number of aliphatic hydroxyl groups excluding tert-OH is 1. The summed E-state index contributed by atoms with van der Waals surface area (Å²) in [5.41, 5.74) is 0. The molecule has 0 aromatic rings. The number of carbonyl (C=O) groups excluding carboxylic acids is 1. The fourth-order valence-electron chi connectivity index (χ4n) is 7.86. The Morgan fingerprint density at radius 1 is 0.479 bits per heavy atom. The molecule has 0 aromatic carbocycles. The number of nitrogens with zero attached hydrogens (tertiary/aromatic N) is 1. The van der Waals surface area contributed by atoms with Crippen LogP contribution in [0, 0.1) is 0 Å². The summed E-state index contributed by atoms with van der Waals surface area (Å²) in [4.78, 5) is 23.3. The number of rotatable bonds is 52. The van der Waals surface area contributed by atoms with Crippen LogP contribution in [0.25, 0.3) is 0 Å². The van der Waals surface area contributed by atoms with Crippen molar-refractivity contribution in [1.82, 2.24) is 5.32 Å². The third-order valence-electron chi connectivity index (χ3n) is 12.4. The van der Waals surface area contributed by atoms with Gasteiger partial charge in [0.05, 0.1) is 39.9 Å². The normalized spacial score (nSPS) is 14.8. The van der Waals surface area contributed by atoms with Gasteiger partial charge in [-0.3, -0.25) is 13.8 Å². The Labute approximate surface area is 450 Å². The number of aliphatic hydroxyl groups is 1. The Morgan fingerprint density at radius 2 is 0.822 bits per heavy atom. The minimum atomic E-state index is -4.36. The molecule has 0 saturated carbocycles. The van der Waals surface area contributed by atoms with Crippen molar-refractivity contribution in [1.29, 1.82) is 0 Å². The topological polar surface area (TPSA) is 105 Å². The van der Waals surface area contributed by atoms with Crippen molar-refractivity contribution in [2.45, 2.75) is 238 Å². The highest BCUT2D eigenvalue weighted by molar-refractivity contribution is 7.47. The van der Waals surface area contributed by atoms with Gasteiger partial charge < -0.3 is 19.8 Å². The van der Waals surface area contributed by atoms with Crippen molar-refractivity contribution in [2.24, 2.45) is 0 Å². The molecule has 0 aliphatic carbocycles. The molecule has 0 radical (unpaired) electrons. The number of quaternary nitrogens is 1. The molecule has 1 amide bonds. The average molecular weight is 1040 g/mol. The number of amides is 1. The number of carbonyl (C=O) groups is 1. The summed E-state index contributed by atoms with van der Waals surface area (Å²) in [5.74, 6) is -0.193. The largest absolute Gasteiger partial charge is 0.472 e. The van der Waals surface area contributed by atoms with Crippen LogP contribution in [0.3, 0.4) is 0 Å². The third kappa shape index (κ3) is 56.5. The number of hydrogen-bond donors (Lipinski definition) is 3. The number of likely N-dealkylation sites (N-methyl/N-ethyl adjacent to an activating group) is 1. The maximum absolute atomic E-state index is 13.0. The van der Waals surface area contributed by atoms with Gasteiger partial charge in [0, 0.05) is 6.42 Å². The van der Waals surface area contributed by atoms with Crippen LogP contribution in [-0.2, 0) is 18.4 Å². The zero-order valence-corrected chi connectivity index (χ0v) is 48.5. The first-order chi connectivity index (χ1) is 35.5. The van der Waals surface area contributed by atoms with Gasteiger partial charge in [-0.15, -0.1) is 0 Å². The van der Waals surface area contributed by atoms with Gasteiger partial charge in [-0.25, -0.2) is 4.57 Å². The van der Waals surface area contributed by atoms with E-state index in [-0.39, 0.29) is 19.1 Å². The lowest BCUT2D eigenvalue weighted by molar-refractivity contribution is -0.870. The number of allylic oxidation sites excluding steroid dienone is 19. The second-order valence-corrected chi connectivity index (χ2v) is 22.1. The minimum absolute atomic E-state index is 0.0532. The van der Waals surface area contributed by atoms with E-state index in [9.17, 15) is 19.4 Å². The van der Waals surface area contributed by atoms with Crippen LogP contribution >= 0.6 is 7.82 Å². The highest BCUT2D eigenvalue weighted by Crippen LogP contribution is 2.43. The SMILES string of the molecule is CC/C=C\C/C=C\C/C=C\C/C=C\C/C=C\C/C=C\C/C=C\C/C=C\C/C=C\CCCCCCCCCC(=O)NC(COP(=O)(O)OCC[N+](C)(C)C)C(O)/C=C/CCCCCCCCCCCCCCCC. The lowest BCUT2D eigenvalue weighted by Gasteiger charge is -2.25. The molecule has 0 fully saturated rings. The van der Waals surface area contributed by atoms with Crippen molar-refractivity contribution < 1.29 is 32.9 Å². The Balaban J connectivity index is 4.22. The van der Waals surface area contributed by atoms with Crippen molar-refractivity contribution in [2.75, 3.05) is 40.9 Å². The zero-order valence-electron chi connectivity index (χ0n) is 47.6. The van der Waals surface area contributed by atoms with Gasteiger partial charge in [0.15, 0.2) is 0 Å². The molecule has 0 spiro atoms. The molecule has 0 rings (SSSR count). The van der Waals surface area contributed by atoms with Gasteiger partial charge in [0.1, 0.15) is 13.2 Å². The molecule has 0 bridgehead atoms. The Bertz CT molecular complexity index is 1600. The number of phosphoric ester groups is 1. The minimum Gasteiger partial charge on any atom is -0.387 e. The van der Waals surface area contributed by atoms with Crippen LogP contribution in [-0.4, -0.2) is 73.4 Å². The number of unbranched alkanes of at least 4 members (excludes halogenated alkanes) is 21. The molecule has 3 N–H and O–H groups in total. The highest BCUT2D eigenvalue weighted by Gasteiger charge is 2.27. The first kappa shape index (κ1) is 69.9. The van der Waals surface area contributed by atoms with Crippen LogP contribution in [0.2, 0.25) is 0 Å². The van der Waals surface area contributed by atoms with Crippen LogP contribution in [0.5, 0.6) is 0 Å². The second kappa shape index (κ2) is 53.7. The van der Waals surface area contributed by atoms with Gasteiger partial charge in [0.25, 0.3) is 0 Å². The van der Waals surface area contributed by atoms with Crippen LogP contribution in [0.1, 0.15) is 226 Å². The predicted octanol–water partition coefficient (Wildman–Crippen LogP) is 18.1. The van der Waals surface area contributed by atoms with E-state index in [0.717, 1.165) is 109 Å². The zero-order chi connectivity index (χ0) is 53.5. The number of phosphoric acid groups is 1. The van der Waals surface area contributed by atoms with E-state index in [1.54, 1.807) is 6.08 Å². The van der Waals surface area contributed by atoms with E-state index in [1.807, 2.05) is 27.2 Å². The standard InChI is InChI=1S/C64H111N2O6P/c1-6-8-10-12-14-16-18-20-22-24-25-26-27-28-29-30-31-32-33-34-35-36-37-38-39-40-41-42-44-46-48-50-52-54-56-58-64(68)65-62(61-72-73(69,70)71-60-59-66(3,4)5)63(67)57-55-53-51-49-47-45-43-23-21-19-17-15-13-11-9-7-2/h8,10,14,16,20,22,25-26,28-29,31-32,34-35,37-38,40-41,55,57,62-63,67H,6-7,9,11-13,15,17-19,21,23-24,27,30,33,36,39,42-54,56,58-61H2,1-5H3,(H-,65,68,69,70)/p+1/b10-8-,16-14-,22-20-,26-25-,29-28-,32-31-,35-34-,38-37-,41-40-,57-55+. The van der Waals surface area contributed by atoms with Gasteiger partial charge in [0.2, 0.25) is 5.91 Å². The van der Waals surface area contributed by atoms with Crippen molar-refractivity contribution in [3.05, 3.63) is 122 Å². The second-order valence-electron chi connectivity index (χ2n) is 20.6. The molecule has 3 atom stereocenters. The maximum Gasteiger partial charge on any atom is 0.472 e. The van der Waals surface area contributed by atoms with Crippen molar-refractivity contribution in [3.63, 3.8) is 0 Å². The van der Waals surface area contributed by atoms with E-state index >= 15 is 0 Å². The summed E-state index contributed by atoms with van der Waals surface area (Å²) in [6.45, 7) is 4.68. The number of hydrogen-bond acceptors (Lipinski definition) is 5. The van der Waals surface area contributed by atoms with E-state index in [0.29, 0.717) is 17.4 Å². The highest BCUT2D eigenvalue weighted by atomic mass is 31.2. The predicted molar refractivity (Wildman–Crippen MR) is 318 cm³/mol. The lowest BCUT2D eigenvalue weighted by atomic mass is 10.0. The molecule has 3 unspecified atom stereocenters. The fourth-order valence-corrected chi connectivity index (χ4v) is 8.59. The van der Waals surface area contributed by atoms with Crippen molar-refractivity contribution >= 4 is 13.7 Å². The molecule has 0 aliphatic heterocycles. The van der Waals surface area contributed by atoms with Gasteiger partial charge in [-0.1, -0.05) is 251 Å². The smallest absolute Gasteiger partial charge is 0.387 e. The summed E-state index contributed by atoms with van der Waals surface area (Å²) < 4.78 is 23.7. The average Bonchev–Trinajstić information content (AvgIpc) is 3.35. The van der Waals surface area contributed by atoms with E-state index in [2.05, 4.69) is 129 Å². The quantitative estimate of drug-likeness (QED) is 0.0243. The van der Waals surface area contributed by atoms with Gasteiger partial charge in [-0.2, -0.15) is 0 Å². The maximum atomic E-state index is 13.0. The monoisotopic (exact) mass is 1040 g/mol. The molecular weight excluding hydrogens is 924 g/mol. The molecule has 73 heavy (non-hydrogen) atoms. The van der Waals surface area contributed by atoms with E-state index in [4.69, 9.17) is 9.05 Å². The molecule has 0 saturated heterocycles. The van der Waals surface area contributed by atoms with E-state index in [1.165, 1.54) is 96.3 Å². The molecule has 418 valence electrons. The Kier molecular flexibility index (Phi) is 51.4. The molecular formula is C64H112N2O6P+. The van der Waals surface area contributed by atoms with Crippen molar-refractivity contribution in [3.8, 4) is 0 Å². The molecule has 8 nitrogen and oxygen atoms in total. The molecule has 0 heterocycles. The summed E-state index contributed by atoms with van der Waals surface area (Å²) >= 11 is 0. The molecule has 0 aliphatic rings. The summed E-state index contributed by atoms with van der Waals surface area (Å²) in [6.07, 6.45) is 80.1. The van der Waals surface area contributed by atoms with E-state index < -0.39 is 20.0 Å². The summed E-state index contributed by atoms with van der Waals surface area (Å²) in [5, 5.41) is 13.9. The van der Waals surface area contributed by atoms with Gasteiger partial charge in [-0.05, 0) is 89.9 Å². The summed E-state index contributed by atoms with van der Waals surface area (Å²) in [6, 6.07) is -0.861. The Morgan fingerprint density at radius 3 is 1.21 bits per heavy atom. The van der Waals surface area contributed by atoms with Crippen LogP contribution in [0.15, 0.2) is 122 Å². The first-order valence-electron chi connectivity index (χ1n) is 29.4. The number of nitrogens with one attached hydrogen (secondary N) is 1.